The molecule has 0 aromatic heterocycles. The lowest BCUT2D eigenvalue weighted by molar-refractivity contribution is -0.143. The third-order valence-corrected chi connectivity index (χ3v) is 3.27. The summed E-state index contributed by atoms with van der Waals surface area (Å²) in [6.45, 7) is 3.55. The molecule has 2 N–H and O–H groups in total. The fourth-order valence-corrected chi connectivity index (χ4v) is 2.23. The van der Waals surface area contributed by atoms with Crippen molar-refractivity contribution in [2.45, 2.75) is 57.7 Å². The van der Waals surface area contributed by atoms with E-state index in [0.717, 1.165) is 12.8 Å². The summed E-state index contributed by atoms with van der Waals surface area (Å²) in [6.07, 6.45) is 6.15. The van der Waals surface area contributed by atoms with Crippen molar-refractivity contribution in [3.8, 4) is 0 Å². The number of aliphatic hydroxyl groups is 1. The van der Waals surface area contributed by atoms with Crippen LogP contribution in [-0.2, 0) is 14.3 Å². The van der Waals surface area contributed by atoms with E-state index < -0.39 is 6.10 Å². The van der Waals surface area contributed by atoms with Crippen LogP contribution in [0.15, 0.2) is 0 Å². The van der Waals surface area contributed by atoms with Crippen LogP contribution in [0, 0.1) is 0 Å². The first-order valence-electron chi connectivity index (χ1n) is 7.38. The molecule has 1 unspecified atom stereocenters. The number of ether oxygens (including phenoxy) is 2. The van der Waals surface area contributed by atoms with Crippen molar-refractivity contribution in [1.29, 1.82) is 0 Å². The van der Waals surface area contributed by atoms with Gasteiger partial charge in [-0.15, -0.1) is 0 Å². The molecule has 1 atom stereocenters. The summed E-state index contributed by atoms with van der Waals surface area (Å²) in [4.78, 5) is 11.1. The lowest BCUT2D eigenvalue weighted by Gasteiger charge is -2.23. The minimum absolute atomic E-state index is 0.206. The lowest BCUT2D eigenvalue weighted by atomic mass is 9.98. The standard InChI is InChI=1S/C14H27NO4/c1-2-18-14(17)8-9-15-10-12(16)11-19-13-6-4-3-5-7-13/h12-13,15-16H,2-11H2,1H3. The van der Waals surface area contributed by atoms with Crippen LogP contribution in [0.2, 0.25) is 0 Å². The van der Waals surface area contributed by atoms with Crippen LogP contribution >= 0.6 is 0 Å². The number of esters is 1. The van der Waals surface area contributed by atoms with E-state index >= 15 is 0 Å². The second-order valence-electron chi connectivity index (χ2n) is 5.01. The monoisotopic (exact) mass is 273 g/mol. The first kappa shape index (κ1) is 16.4. The highest BCUT2D eigenvalue weighted by atomic mass is 16.5. The maximum Gasteiger partial charge on any atom is 0.307 e. The average Bonchev–Trinajstić information content (AvgIpc) is 2.43. The number of nitrogens with one attached hydrogen (secondary N) is 1. The molecule has 1 aliphatic rings. The SMILES string of the molecule is CCOC(=O)CCNCC(O)COC1CCCCC1. The zero-order valence-electron chi connectivity index (χ0n) is 11.9. The molecule has 0 amide bonds. The Morgan fingerprint density at radius 1 is 1.37 bits per heavy atom. The topological polar surface area (TPSA) is 67.8 Å². The number of hydrogen-bond donors (Lipinski definition) is 2. The van der Waals surface area contributed by atoms with Gasteiger partial charge in [0.25, 0.3) is 0 Å². The van der Waals surface area contributed by atoms with Crippen LogP contribution in [0.5, 0.6) is 0 Å². The van der Waals surface area contributed by atoms with Gasteiger partial charge >= 0.3 is 5.97 Å². The predicted octanol–water partition coefficient (Wildman–Crippen LogP) is 1.24. The lowest BCUT2D eigenvalue weighted by Crippen LogP contribution is -2.33. The molecule has 1 fully saturated rings. The molecule has 1 rings (SSSR count). The maximum atomic E-state index is 11.1. The molecule has 1 aliphatic carbocycles. The number of carbonyl (C=O) groups excluding carboxylic acids is 1. The minimum atomic E-state index is -0.510. The first-order valence-corrected chi connectivity index (χ1v) is 7.38. The summed E-state index contributed by atoms with van der Waals surface area (Å²) in [5.41, 5.74) is 0. The van der Waals surface area contributed by atoms with Gasteiger partial charge in [-0.05, 0) is 19.8 Å². The van der Waals surface area contributed by atoms with Crippen molar-refractivity contribution in [2.75, 3.05) is 26.3 Å². The third-order valence-electron chi connectivity index (χ3n) is 3.27. The van der Waals surface area contributed by atoms with Crippen LogP contribution in [0.1, 0.15) is 45.4 Å². The van der Waals surface area contributed by atoms with Gasteiger partial charge in [0.05, 0.1) is 31.8 Å². The summed E-state index contributed by atoms with van der Waals surface area (Å²) in [6, 6.07) is 0. The Morgan fingerprint density at radius 2 is 2.11 bits per heavy atom. The second-order valence-corrected chi connectivity index (χ2v) is 5.01. The maximum absolute atomic E-state index is 11.1. The van der Waals surface area contributed by atoms with Gasteiger partial charge in [-0.25, -0.2) is 0 Å². The van der Waals surface area contributed by atoms with Gasteiger partial charge in [-0.2, -0.15) is 0 Å². The smallest absolute Gasteiger partial charge is 0.307 e. The van der Waals surface area contributed by atoms with Gasteiger partial charge in [0.1, 0.15) is 0 Å². The fourth-order valence-electron chi connectivity index (χ4n) is 2.23. The van der Waals surface area contributed by atoms with Crippen LogP contribution < -0.4 is 5.32 Å². The van der Waals surface area contributed by atoms with Crippen LogP contribution in [0.3, 0.4) is 0 Å². The normalized spacial score (nSPS) is 18.2. The predicted molar refractivity (Wildman–Crippen MR) is 73.0 cm³/mol. The molecule has 5 nitrogen and oxygen atoms in total. The number of aliphatic hydroxyl groups excluding tert-OH is 1. The number of carbonyl (C=O) groups is 1. The van der Waals surface area contributed by atoms with Crippen molar-refractivity contribution >= 4 is 5.97 Å². The molecule has 0 saturated heterocycles. The van der Waals surface area contributed by atoms with E-state index in [1.807, 2.05) is 0 Å². The molecular formula is C14H27NO4. The Morgan fingerprint density at radius 3 is 2.79 bits per heavy atom. The van der Waals surface area contributed by atoms with Crippen LogP contribution in [-0.4, -0.2) is 49.6 Å². The van der Waals surface area contributed by atoms with Gasteiger partial charge in [-0.1, -0.05) is 19.3 Å². The zero-order chi connectivity index (χ0) is 13.9. The Labute approximate surface area is 115 Å². The van der Waals surface area contributed by atoms with E-state index in [2.05, 4.69) is 5.32 Å². The molecule has 0 aromatic rings. The summed E-state index contributed by atoms with van der Waals surface area (Å²) in [5.74, 6) is -0.206. The van der Waals surface area contributed by atoms with Gasteiger partial charge in [-0.3, -0.25) is 4.79 Å². The molecule has 19 heavy (non-hydrogen) atoms. The van der Waals surface area contributed by atoms with Gasteiger partial charge < -0.3 is 19.9 Å². The van der Waals surface area contributed by atoms with E-state index in [0.29, 0.717) is 38.8 Å². The first-order chi connectivity index (χ1) is 9.22. The molecule has 1 saturated carbocycles. The van der Waals surface area contributed by atoms with E-state index in [9.17, 15) is 9.90 Å². The van der Waals surface area contributed by atoms with E-state index in [4.69, 9.17) is 9.47 Å². The van der Waals surface area contributed by atoms with Crippen molar-refractivity contribution < 1.29 is 19.4 Å². The molecule has 0 spiro atoms. The highest BCUT2D eigenvalue weighted by Gasteiger charge is 2.15. The van der Waals surface area contributed by atoms with E-state index in [1.54, 1.807) is 6.92 Å². The third kappa shape index (κ3) is 8.18. The quantitative estimate of drug-likeness (QED) is 0.489. The average molecular weight is 273 g/mol. The van der Waals surface area contributed by atoms with Crippen molar-refractivity contribution in [2.24, 2.45) is 0 Å². The summed E-state index contributed by atoms with van der Waals surface area (Å²) < 4.78 is 10.5. The Hall–Kier alpha value is -0.650. The Balaban J connectivity index is 1.95. The molecule has 0 aliphatic heterocycles. The largest absolute Gasteiger partial charge is 0.466 e. The molecular weight excluding hydrogens is 246 g/mol. The highest BCUT2D eigenvalue weighted by molar-refractivity contribution is 5.69. The van der Waals surface area contributed by atoms with Crippen molar-refractivity contribution in [3.05, 3.63) is 0 Å². The van der Waals surface area contributed by atoms with Gasteiger partial charge in [0, 0.05) is 13.1 Å². The summed E-state index contributed by atoms with van der Waals surface area (Å²) in [7, 11) is 0. The zero-order valence-corrected chi connectivity index (χ0v) is 11.9. The summed E-state index contributed by atoms with van der Waals surface area (Å²) in [5, 5.41) is 12.8. The molecule has 112 valence electrons. The second kappa shape index (κ2) is 10.2. The van der Waals surface area contributed by atoms with E-state index in [-0.39, 0.29) is 5.97 Å². The molecule has 0 heterocycles. The highest BCUT2D eigenvalue weighted by Crippen LogP contribution is 2.20. The molecule has 5 heteroatoms. The van der Waals surface area contributed by atoms with Crippen LogP contribution in [0.4, 0.5) is 0 Å². The van der Waals surface area contributed by atoms with E-state index in [1.165, 1.54) is 19.3 Å². The molecule has 0 bridgehead atoms. The Bertz CT molecular complexity index is 242. The van der Waals surface area contributed by atoms with Crippen molar-refractivity contribution in [1.82, 2.24) is 5.32 Å². The van der Waals surface area contributed by atoms with Crippen LogP contribution in [0.25, 0.3) is 0 Å². The van der Waals surface area contributed by atoms with Gasteiger partial charge in [0.2, 0.25) is 0 Å². The van der Waals surface area contributed by atoms with Gasteiger partial charge in [0.15, 0.2) is 0 Å². The Kier molecular flexibility index (Phi) is 8.79. The molecule has 0 radical (unpaired) electrons. The van der Waals surface area contributed by atoms with Crippen molar-refractivity contribution in [3.63, 3.8) is 0 Å². The summed E-state index contributed by atoms with van der Waals surface area (Å²) >= 11 is 0. The molecule has 0 aromatic carbocycles. The number of rotatable bonds is 9. The minimum Gasteiger partial charge on any atom is -0.466 e. The number of hydrogen-bond acceptors (Lipinski definition) is 5. The fraction of sp³-hybridized carbons (Fsp3) is 0.929.